The van der Waals surface area contributed by atoms with Crippen LogP contribution >= 0.6 is 11.3 Å². The summed E-state index contributed by atoms with van der Waals surface area (Å²) in [6.07, 6.45) is 4.00. The molecule has 0 aliphatic carbocycles. The zero-order valence-electron chi connectivity index (χ0n) is 36.9. The maximum atomic E-state index is 12.9. The standard InChI is InChI=1S/C40H59N11O13S/c1-50(59-3)36(54)9-7-31(47-35(53)10-16-60-19-14-45-49-41)38(56)44-13-18-62-21-23-64-25-24-63-22-20-61-17-12-42-34(52)5-4-11-43-37(55)30-27-29(6-8-33(30)58-2)46-39(57)32-28-51-15-26-65-40(51)48-32/h6,8,15,26-28,31H,4-5,7,9-14,16-25H2,1-3H3,(H,42,52)(H,43,55)(H,44,56)(H,46,57)(H,47,53)/t31-/m1/s1. The van der Waals surface area contributed by atoms with Gasteiger partial charge in [0.2, 0.25) is 23.6 Å². The van der Waals surface area contributed by atoms with Gasteiger partial charge in [-0.25, -0.2) is 10.0 Å². The van der Waals surface area contributed by atoms with Crippen LogP contribution in [0.4, 0.5) is 5.69 Å². The molecular weight excluding hydrogens is 875 g/mol. The summed E-state index contributed by atoms with van der Waals surface area (Å²) in [4.78, 5) is 87.7. The summed E-state index contributed by atoms with van der Waals surface area (Å²) < 4.78 is 34.3. The van der Waals surface area contributed by atoms with Gasteiger partial charge in [-0.2, -0.15) is 0 Å². The van der Waals surface area contributed by atoms with E-state index in [1.807, 2.05) is 5.38 Å². The van der Waals surface area contributed by atoms with Crippen molar-refractivity contribution in [1.82, 2.24) is 35.7 Å². The van der Waals surface area contributed by atoms with Gasteiger partial charge in [0.15, 0.2) is 4.96 Å². The lowest BCUT2D eigenvalue weighted by atomic mass is 10.1. The number of thiazole rings is 1. The van der Waals surface area contributed by atoms with Crippen molar-refractivity contribution in [3.8, 4) is 5.75 Å². The molecule has 0 bridgehead atoms. The lowest BCUT2D eigenvalue weighted by Gasteiger charge is -2.20. The predicted octanol–water partition coefficient (Wildman–Crippen LogP) is 1.47. The lowest BCUT2D eigenvalue weighted by molar-refractivity contribution is -0.168. The molecule has 2 aromatic heterocycles. The van der Waals surface area contributed by atoms with Crippen LogP contribution in [-0.2, 0) is 47.7 Å². The Morgan fingerprint density at radius 2 is 1.49 bits per heavy atom. The molecule has 0 saturated carbocycles. The van der Waals surface area contributed by atoms with Gasteiger partial charge >= 0.3 is 0 Å². The van der Waals surface area contributed by atoms with Crippen molar-refractivity contribution >= 4 is 57.4 Å². The number of hydrogen-bond donors (Lipinski definition) is 5. The Hall–Kier alpha value is -5.92. The van der Waals surface area contributed by atoms with E-state index in [2.05, 4.69) is 41.6 Å². The molecule has 1 atom stereocenters. The summed E-state index contributed by atoms with van der Waals surface area (Å²) in [5.41, 5.74) is 9.17. The van der Waals surface area contributed by atoms with Crippen LogP contribution in [0.3, 0.4) is 0 Å². The Bertz CT molecular complexity index is 1960. The van der Waals surface area contributed by atoms with Crippen molar-refractivity contribution in [2.45, 2.75) is 38.1 Å². The van der Waals surface area contributed by atoms with Gasteiger partial charge in [-0.3, -0.25) is 38.0 Å². The second kappa shape index (κ2) is 31.9. The summed E-state index contributed by atoms with van der Waals surface area (Å²) in [7, 11) is 4.23. The fourth-order valence-electron chi connectivity index (χ4n) is 5.50. The van der Waals surface area contributed by atoms with Crippen LogP contribution in [-0.4, -0.2) is 169 Å². The number of fused-ring (bicyclic) bond motifs is 1. The topological polar surface area (TPSA) is 296 Å². The summed E-state index contributed by atoms with van der Waals surface area (Å²) >= 11 is 1.41. The summed E-state index contributed by atoms with van der Waals surface area (Å²) in [5, 5.41) is 19.9. The number of hydrogen-bond acceptors (Lipinski definition) is 16. The first kappa shape index (κ1) is 53.4. The number of azide groups is 1. The van der Waals surface area contributed by atoms with E-state index in [9.17, 15) is 28.8 Å². The lowest BCUT2D eigenvalue weighted by Crippen LogP contribution is -2.48. The molecule has 0 aliphatic rings. The van der Waals surface area contributed by atoms with Crippen molar-refractivity contribution in [2.75, 3.05) is 119 Å². The molecule has 24 nitrogen and oxygen atoms in total. The molecular formula is C40H59N11O13S. The van der Waals surface area contributed by atoms with Gasteiger partial charge in [-0.15, -0.1) is 11.3 Å². The van der Waals surface area contributed by atoms with Crippen molar-refractivity contribution in [2.24, 2.45) is 5.11 Å². The Kier molecular flexibility index (Phi) is 26.2. The van der Waals surface area contributed by atoms with Gasteiger partial charge in [0.25, 0.3) is 11.8 Å². The van der Waals surface area contributed by atoms with E-state index in [4.69, 9.17) is 38.8 Å². The molecule has 6 amide bonds. The van der Waals surface area contributed by atoms with Crippen LogP contribution in [0.5, 0.6) is 5.75 Å². The maximum Gasteiger partial charge on any atom is 0.275 e. The molecule has 0 radical (unpaired) electrons. The number of carbonyl (C=O) groups is 6. The van der Waals surface area contributed by atoms with Gasteiger partial charge < -0.3 is 55.0 Å². The number of anilines is 1. The van der Waals surface area contributed by atoms with Crippen molar-refractivity contribution in [3.63, 3.8) is 0 Å². The summed E-state index contributed by atoms with van der Waals surface area (Å²) in [6.45, 7) is 3.48. The highest BCUT2D eigenvalue weighted by Gasteiger charge is 2.23. The monoisotopic (exact) mass is 933 g/mol. The molecule has 1 aromatic carbocycles. The fraction of sp³-hybridized carbons (Fsp3) is 0.575. The Labute approximate surface area is 379 Å². The number of ether oxygens (including phenoxy) is 6. The first-order chi connectivity index (χ1) is 31.6. The number of benzene rings is 1. The number of aromatic nitrogens is 2. The van der Waals surface area contributed by atoms with Crippen molar-refractivity contribution in [1.29, 1.82) is 0 Å². The van der Waals surface area contributed by atoms with Crippen molar-refractivity contribution in [3.05, 3.63) is 57.7 Å². The Morgan fingerprint density at radius 1 is 0.815 bits per heavy atom. The molecule has 0 unspecified atom stereocenters. The second-order valence-corrected chi connectivity index (χ2v) is 14.5. The van der Waals surface area contributed by atoms with E-state index >= 15 is 0 Å². The van der Waals surface area contributed by atoms with E-state index in [1.54, 1.807) is 28.9 Å². The van der Waals surface area contributed by atoms with Crippen LogP contribution in [0.2, 0.25) is 0 Å². The number of amides is 6. The number of nitrogens with zero attached hydrogens (tertiary/aromatic N) is 6. The van der Waals surface area contributed by atoms with Gasteiger partial charge in [-0.1, -0.05) is 5.11 Å². The number of carbonyl (C=O) groups excluding carboxylic acids is 6. The van der Waals surface area contributed by atoms with E-state index in [0.717, 1.165) is 5.06 Å². The van der Waals surface area contributed by atoms with E-state index in [0.29, 0.717) is 69.0 Å². The van der Waals surface area contributed by atoms with Crippen LogP contribution in [0.15, 0.2) is 41.1 Å². The van der Waals surface area contributed by atoms with Crippen LogP contribution in [0.25, 0.3) is 15.4 Å². The van der Waals surface area contributed by atoms with Gasteiger partial charge in [0.1, 0.15) is 17.5 Å². The zero-order valence-corrected chi connectivity index (χ0v) is 37.7. The van der Waals surface area contributed by atoms with Crippen molar-refractivity contribution < 1.29 is 62.0 Å². The van der Waals surface area contributed by atoms with Gasteiger partial charge in [0, 0.05) is 80.9 Å². The molecule has 0 spiro atoms. The minimum absolute atomic E-state index is 0.0286. The molecule has 65 heavy (non-hydrogen) atoms. The molecule has 0 saturated heterocycles. The SMILES string of the molecule is COc1ccc(NC(=O)c2cn3ccsc3n2)cc1C(=O)NCCCC(=O)NCCOCCOCCOCCOCCNC(=O)[C@@H](CCC(=O)N(C)OC)NC(=O)CCOCCN=[N+]=[N-]. The summed E-state index contributed by atoms with van der Waals surface area (Å²) in [5.74, 6) is -1.96. The summed E-state index contributed by atoms with van der Waals surface area (Å²) in [6, 6.07) is 3.77. The normalized spacial score (nSPS) is 11.3. The average Bonchev–Trinajstić information content (AvgIpc) is 3.93. The molecule has 0 aliphatic heterocycles. The van der Waals surface area contributed by atoms with Gasteiger partial charge in [0.05, 0.1) is 85.9 Å². The third-order valence-corrected chi connectivity index (χ3v) is 9.69. The largest absolute Gasteiger partial charge is 0.496 e. The Morgan fingerprint density at radius 3 is 2.15 bits per heavy atom. The minimum atomic E-state index is -0.972. The van der Waals surface area contributed by atoms with Crippen LogP contribution < -0.4 is 31.3 Å². The van der Waals surface area contributed by atoms with Gasteiger partial charge in [-0.05, 0) is 36.6 Å². The first-order valence-electron chi connectivity index (χ1n) is 20.8. The third kappa shape index (κ3) is 21.5. The zero-order chi connectivity index (χ0) is 47.1. The number of nitrogens with one attached hydrogen (secondary N) is 5. The van der Waals surface area contributed by atoms with Crippen LogP contribution in [0, 0.1) is 0 Å². The van der Waals surface area contributed by atoms with E-state index in [1.165, 1.54) is 38.7 Å². The highest BCUT2D eigenvalue weighted by molar-refractivity contribution is 7.15. The number of rotatable bonds is 35. The fourth-order valence-corrected chi connectivity index (χ4v) is 6.20. The molecule has 3 rings (SSSR count). The first-order valence-corrected chi connectivity index (χ1v) is 21.7. The molecule has 2 heterocycles. The smallest absolute Gasteiger partial charge is 0.275 e. The van der Waals surface area contributed by atoms with E-state index < -0.39 is 29.7 Å². The van der Waals surface area contributed by atoms with E-state index in [-0.39, 0.29) is 94.8 Å². The highest BCUT2D eigenvalue weighted by atomic mass is 32.1. The molecule has 5 N–H and O–H groups in total. The Balaban J connectivity index is 1.15. The average molecular weight is 934 g/mol. The third-order valence-electron chi connectivity index (χ3n) is 8.92. The predicted molar refractivity (Wildman–Crippen MR) is 235 cm³/mol. The second-order valence-electron chi connectivity index (χ2n) is 13.6. The molecule has 3 aromatic rings. The quantitative estimate of drug-likeness (QED) is 0.0184. The molecule has 0 fully saturated rings. The highest BCUT2D eigenvalue weighted by Crippen LogP contribution is 2.23. The minimum Gasteiger partial charge on any atom is -0.496 e. The number of methoxy groups -OCH3 is 1. The molecule has 25 heteroatoms. The van der Waals surface area contributed by atoms with Crippen LogP contribution in [0.1, 0.15) is 53.0 Å². The maximum absolute atomic E-state index is 12.9. The number of hydroxylamine groups is 2. The number of imidazole rings is 1. The molecule has 358 valence electrons.